The number of benzene rings is 6. The van der Waals surface area contributed by atoms with Crippen LogP contribution in [0.5, 0.6) is 0 Å². The Labute approximate surface area is 390 Å². The number of nitrogens with zero attached hydrogens (tertiary/aromatic N) is 3. The van der Waals surface area contributed by atoms with Crippen molar-refractivity contribution in [2.75, 3.05) is 0 Å². The van der Waals surface area contributed by atoms with Crippen LogP contribution < -0.4 is 5.19 Å². The van der Waals surface area contributed by atoms with Crippen molar-refractivity contribution in [2.45, 2.75) is 86.3 Å². The Morgan fingerprint density at radius 2 is 1.39 bits per heavy atom. The molecule has 0 N–H and O–H groups in total. The van der Waals surface area contributed by atoms with Crippen LogP contribution in [-0.4, -0.2) is 22.6 Å². The molecule has 0 aliphatic rings. The molecule has 0 saturated carbocycles. The number of hydrogen-bond donors (Lipinski definition) is 0. The van der Waals surface area contributed by atoms with Gasteiger partial charge in [0.1, 0.15) is 0 Å². The summed E-state index contributed by atoms with van der Waals surface area (Å²) in [7, 11) is -1.70. The third kappa shape index (κ3) is 9.36. The Balaban J connectivity index is 0.000000219. The largest absolute Gasteiger partial charge is 0.333 e. The van der Waals surface area contributed by atoms with Gasteiger partial charge in [-0.15, -0.1) is 54.1 Å². The maximum atomic E-state index is 8.75. The quantitative estimate of drug-likeness (QED) is 0.112. The fourth-order valence-electron chi connectivity index (χ4n) is 8.15. The normalized spacial score (nSPS) is 12.6. The molecule has 0 amide bonds. The average molecular weight is 1030 g/mol. The number of para-hydroxylation sites is 2. The van der Waals surface area contributed by atoms with E-state index in [-0.39, 0.29) is 20.1 Å². The van der Waals surface area contributed by atoms with Crippen molar-refractivity contribution in [2.24, 2.45) is 5.41 Å². The molecule has 6 heteroatoms. The van der Waals surface area contributed by atoms with Crippen LogP contribution in [0, 0.1) is 17.5 Å². The Bertz CT molecular complexity index is 3040. The SMILES string of the molecule is CC(C)c1cc(-c2ccccc2)cc(C(C)C)c1-n1c(-c2[c-]ccc3c2sc2ccccc23)nc2ccccc21.[2H]C([2H])(c1cc(-c2[c-]cccc2)ncc1[Si](C)(C)C)C(C)(C)C.[Ir]. The minimum atomic E-state index is -1.70. The first kappa shape index (κ1) is 42.3. The van der Waals surface area contributed by atoms with Crippen molar-refractivity contribution >= 4 is 55.8 Å². The Morgan fingerprint density at radius 3 is 2.05 bits per heavy atom. The molecule has 0 bridgehead atoms. The topological polar surface area (TPSA) is 30.7 Å². The van der Waals surface area contributed by atoms with E-state index in [1.54, 1.807) is 0 Å². The van der Waals surface area contributed by atoms with Gasteiger partial charge in [-0.2, -0.15) is 11.3 Å². The zero-order valence-electron chi connectivity index (χ0n) is 39.5. The molecular weight excluding hydrogens is 967 g/mol. The van der Waals surface area contributed by atoms with Crippen LogP contribution in [0.15, 0.2) is 140 Å². The fourth-order valence-corrected chi connectivity index (χ4v) is 10.7. The van der Waals surface area contributed by atoms with Crippen LogP contribution in [0.25, 0.3) is 70.7 Å². The maximum absolute atomic E-state index is 8.75. The number of rotatable bonds is 8. The minimum absolute atomic E-state index is 0. The number of hydrogen-bond acceptors (Lipinski definition) is 3. The molecule has 0 aliphatic carbocycles. The molecule has 3 aromatic heterocycles. The van der Waals surface area contributed by atoms with Gasteiger partial charge in [-0.25, -0.2) is 0 Å². The van der Waals surface area contributed by atoms with Crippen molar-refractivity contribution in [1.82, 2.24) is 14.5 Å². The van der Waals surface area contributed by atoms with Crippen molar-refractivity contribution in [3.05, 3.63) is 168 Å². The van der Waals surface area contributed by atoms with E-state index in [0.717, 1.165) is 44.4 Å². The molecule has 62 heavy (non-hydrogen) atoms. The van der Waals surface area contributed by atoms with E-state index in [1.807, 2.05) is 68.6 Å². The first-order valence-corrected chi connectivity index (χ1v) is 25.8. The second kappa shape index (κ2) is 18.4. The Hall–Kier alpha value is -4.97. The first-order chi connectivity index (χ1) is 30.0. The monoisotopic (exact) mass is 1030 g/mol. The predicted molar refractivity (Wildman–Crippen MR) is 266 cm³/mol. The van der Waals surface area contributed by atoms with E-state index < -0.39 is 19.9 Å². The van der Waals surface area contributed by atoms with E-state index in [9.17, 15) is 0 Å². The molecule has 9 rings (SSSR count). The van der Waals surface area contributed by atoms with Gasteiger partial charge in [-0.3, -0.25) is 4.98 Å². The van der Waals surface area contributed by atoms with Gasteiger partial charge in [0.05, 0.1) is 24.9 Å². The minimum Gasteiger partial charge on any atom is -0.333 e. The summed E-state index contributed by atoms with van der Waals surface area (Å²) in [5.41, 5.74) is 11.6. The molecule has 1 radical (unpaired) electrons. The summed E-state index contributed by atoms with van der Waals surface area (Å²) in [5, 5.41) is 3.65. The molecule has 9 aromatic rings. The van der Waals surface area contributed by atoms with E-state index in [4.69, 9.17) is 7.73 Å². The van der Waals surface area contributed by atoms with Gasteiger partial charge in [-0.1, -0.05) is 151 Å². The van der Waals surface area contributed by atoms with Gasteiger partial charge in [0.15, 0.2) is 0 Å². The second-order valence-corrected chi connectivity index (χ2v) is 24.7. The second-order valence-electron chi connectivity index (χ2n) is 18.6. The molecule has 3 heterocycles. The zero-order chi connectivity index (χ0) is 44.8. The van der Waals surface area contributed by atoms with E-state index in [2.05, 4.69) is 172 Å². The summed E-state index contributed by atoms with van der Waals surface area (Å²) >= 11 is 1.83. The van der Waals surface area contributed by atoms with Crippen molar-refractivity contribution in [1.29, 1.82) is 0 Å². The number of thiophene rings is 1. The van der Waals surface area contributed by atoms with Crippen LogP contribution in [-0.2, 0) is 26.5 Å². The molecule has 317 valence electrons. The Kier molecular flexibility index (Phi) is 12.6. The van der Waals surface area contributed by atoms with E-state index in [1.165, 1.54) is 48.1 Å². The molecule has 6 aromatic carbocycles. The molecule has 0 unspecified atom stereocenters. The van der Waals surface area contributed by atoms with Crippen molar-refractivity contribution < 1.29 is 22.8 Å². The van der Waals surface area contributed by atoms with Crippen LogP contribution in [0.2, 0.25) is 19.6 Å². The van der Waals surface area contributed by atoms with E-state index >= 15 is 0 Å². The first-order valence-electron chi connectivity index (χ1n) is 22.5. The van der Waals surface area contributed by atoms with Crippen LogP contribution in [0.4, 0.5) is 0 Å². The van der Waals surface area contributed by atoms with Gasteiger partial charge in [0, 0.05) is 39.4 Å². The number of pyridine rings is 1. The van der Waals surface area contributed by atoms with Gasteiger partial charge in [0.2, 0.25) is 0 Å². The molecule has 0 saturated heterocycles. The van der Waals surface area contributed by atoms with Crippen molar-refractivity contribution in [3.8, 4) is 39.5 Å². The van der Waals surface area contributed by atoms with Gasteiger partial charge < -0.3 is 9.55 Å². The third-order valence-electron chi connectivity index (χ3n) is 11.1. The van der Waals surface area contributed by atoms with E-state index in [0.29, 0.717) is 11.8 Å². The maximum Gasteiger partial charge on any atom is 0.0798 e. The predicted octanol–water partition coefficient (Wildman–Crippen LogP) is 15.5. The summed E-state index contributed by atoms with van der Waals surface area (Å²) in [6, 6.07) is 53.4. The molecule has 0 fully saturated rings. The summed E-state index contributed by atoms with van der Waals surface area (Å²) < 4.78 is 22.4. The summed E-state index contributed by atoms with van der Waals surface area (Å²) in [6.45, 7) is 21.8. The number of aromatic nitrogens is 3. The summed E-state index contributed by atoms with van der Waals surface area (Å²) in [4.78, 5) is 9.91. The molecule has 0 aliphatic heterocycles. The standard InChI is InChI=1S/C37H31N2S.C19H26NSi.Ir/c1-23(2)30-21-26(25-13-6-5-7-14-25)22-31(24(3)4)35(30)39-33-19-10-9-18-32(33)38-37(39)29-17-12-16-28-27-15-8-11-20-34(27)40-36(28)29;1-19(2,3)13-16-12-17(15-10-8-7-9-11-15)20-14-18(16)21(4,5)6;/h5-16,18-24H,1-4H3;7-10,12,14H,13H2,1-6H3;/q2*-1;/i;13D2;. The van der Waals surface area contributed by atoms with Crippen LogP contribution in [0.3, 0.4) is 0 Å². The summed E-state index contributed by atoms with van der Waals surface area (Å²) in [6.07, 6.45) is 0.469. The van der Waals surface area contributed by atoms with Gasteiger partial charge in [0.25, 0.3) is 0 Å². The summed E-state index contributed by atoms with van der Waals surface area (Å²) in [5.74, 6) is 1.61. The smallest absolute Gasteiger partial charge is 0.0798 e. The molecular formula is C56H57IrN3SSi-2. The average Bonchev–Trinajstić information content (AvgIpc) is 3.85. The molecule has 0 atom stereocenters. The number of fused-ring (bicyclic) bond motifs is 4. The number of imidazole rings is 1. The van der Waals surface area contributed by atoms with Crippen LogP contribution in [0.1, 0.15) is 79.7 Å². The Morgan fingerprint density at radius 1 is 0.726 bits per heavy atom. The molecule has 3 nitrogen and oxygen atoms in total. The third-order valence-corrected chi connectivity index (χ3v) is 14.3. The van der Waals surface area contributed by atoms with Gasteiger partial charge >= 0.3 is 0 Å². The zero-order valence-corrected chi connectivity index (χ0v) is 41.7. The molecule has 0 spiro atoms. The van der Waals surface area contributed by atoms with Crippen molar-refractivity contribution in [3.63, 3.8) is 0 Å². The fraction of sp³-hybridized carbons (Fsp3) is 0.250. The van der Waals surface area contributed by atoms with Crippen LogP contribution >= 0.6 is 11.3 Å². The van der Waals surface area contributed by atoms with Gasteiger partial charge in [-0.05, 0) is 97.2 Å².